The van der Waals surface area contributed by atoms with E-state index in [2.05, 4.69) is 24.0 Å². The normalized spacial score (nSPS) is 27.3. The third-order valence-electron chi connectivity index (χ3n) is 6.94. The van der Waals surface area contributed by atoms with Crippen LogP contribution in [0.1, 0.15) is 55.2 Å². The first-order chi connectivity index (χ1) is 13.6. The molecule has 1 saturated carbocycles. The number of benzene rings is 2. The van der Waals surface area contributed by atoms with Gasteiger partial charge in [0.1, 0.15) is 0 Å². The van der Waals surface area contributed by atoms with E-state index in [1.807, 2.05) is 42.5 Å². The third kappa shape index (κ3) is 3.60. The van der Waals surface area contributed by atoms with E-state index < -0.39 is 5.60 Å². The number of aryl methyl sites for hydroxylation is 2. The van der Waals surface area contributed by atoms with Gasteiger partial charge in [-0.2, -0.15) is 0 Å². The molecule has 1 aliphatic carbocycles. The Morgan fingerprint density at radius 3 is 2.57 bits per heavy atom. The first kappa shape index (κ1) is 19.2. The van der Waals surface area contributed by atoms with E-state index in [-0.39, 0.29) is 17.9 Å². The molecule has 1 N–H and O–H groups in total. The van der Waals surface area contributed by atoms with E-state index in [9.17, 15) is 9.90 Å². The van der Waals surface area contributed by atoms with Gasteiger partial charge in [-0.1, -0.05) is 67.4 Å². The highest BCUT2D eigenvalue weighted by atomic mass is 16.3. The number of carbonyl (C=O) groups excluding carboxylic acids is 1. The second-order valence-electron chi connectivity index (χ2n) is 8.51. The van der Waals surface area contributed by atoms with E-state index in [0.717, 1.165) is 37.7 Å². The van der Waals surface area contributed by atoms with Crippen LogP contribution in [0.25, 0.3) is 0 Å². The largest absolute Gasteiger partial charge is 0.385 e. The molecule has 28 heavy (non-hydrogen) atoms. The summed E-state index contributed by atoms with van der Waals surface area (Å²) in [5, 5.41) is 11.6. The van der Waals surface area contributed by atoms with E-state index in [4.69, 9.17) is 0 Å². The minimum Gasteiger partial charge on any atom is -0.385 e. The Kier molecular flexibility index (Phi) is 5.54. The lowest BCUT2D eigenvalue weighted by molar-refractivity contribution is -0.154. The molecule has 3 nitrogen and oxygen atoms in total. The van der Waals surface area contributed by atoms with Gasteiger partial charge in [-0.3, -0.25) is 4.79 Å². The van der Waals surface area contributed by atoms with Crippen LogP contribution in [-0.2, 0) is 16.8 Å². The predicted molar refractivity (Wildman–Crippen MR) is 112 cm³/mol. The van der Waals surface area contributed by atoms with Crippen LogP contribution in [0.15, 0.2) is 54.6 Å². The third-order valence-corrected chi connectivity index (χ3v) is 6.94. The lowest BCUT2D eigenvalue weighted by atomic mass is 9.66. The molecule has 2 aliphatic rings. The van der Waals surface area contributed by atoms with Crippen molar-refractivity contribution in [3.63, 3.8) is 0 Å². The summed E-state index contributed by atoms with van der Waals surface area (Å²) in [6.45, 7) is 2.76. The van der Waals surface area contributed by atoms with Gasteiger partial charge in [-0.25, -0.2) is 0 Å². The average Bonchev–Trinajstić information content (AvgIpc) is 2.74. The molecule has 3 heteroatoms. The molecule has 0 radical (unpaired) electrons. The van der Waals surface area contributed by atoms with Gasteiger partial charge in [-0.05, 0) is 49.3 Å². The maximum atomic E-state index is 13.1. The summed E-state index contributed by atoms with van der Waals surface area (Å²) in [4.78, 5) is 15.2. The van der Waals surface area contributed by atoms with Crippen molar-refractivity contribution in [3.05, 3.63) is 71.3 Å². The molecule has 4 rings (SSSR count). The molecule has 3 atom stereocenters. The van der Waals surface area contributed by atoms with Crippen LogP contribution in [0.3, 0.4) is 0 Å². The number of hydrogen-bond donors (Lipinski definition) is 1. The number of nitrogens with zero attached hydrogens (tertiary/aromatic N) is 1. The molecular formula is C25H31NO2. The number of piperidine rings is 1. The van der Waals surface area contributed by atoms with Gasteiger partial charge in [-0.15, -0.1) is 0 Å². The lowest BCUT2D eigenvalue weighted by Crippen LogP contribution is -2.59. The Labute approximate surface area is 168 Å². The topological polar surface area (TPSA) is 40.5 Å². The number of carbonyl (C=O) groups is 1. The second-order valence-corrected chi connectivity index (χ2v) is 8.51. The molecule has 0 spiro atoms. The molecule has 2 fully saturated rings. The Morgan fingerprint density at radius 2 is 1.79 bits per heavy atom. The predicted octanol–water partition coefficient (Wildman–Crippen LogP) is 4.61. The van der Waals surface area contributed by atoms with Gasteiger partial charge in [0.05, 0.1) is 5.60 Å². The molecular weight excluding hydrogens is 346 g/mol. The summed E-state index contributed by atoms with van der Waals surface area (Å²) >= 11 is 0. The molecule has 2 aromatic carbocycles. The van der Waals surface area contributed by atoms with Crippen molar-refractivity contribution < 1.29 is 9.90 Å². The van der Waals surface area contributed by atoms with Crippen molar-refractivity contribution in [2.45, 2.75) is 63.5 Å². The van der Waals surface area contributed by atoms with Crippen LogP contribution in [0, 0.1) is 12.8 Å². The average molecular weight is 378 g/mol. The molecule has 1 aliphatic heterocycles. The Balaban J connectivity index is 1.50. The monoisotopic (exact) mass is 377 g/mol. The van der Waals surface area contributed by atoms with Crippen molar-refractivity contribution in [1.29, 1.82) is 0 Å². The summed E-state index contributed by atoms with van der Waals surface area (Å²) in [6.07, 6.45) is 6.27. The Bertz CT molecular complexity index is 818. The highest BCUT2D eigenvalue weighted by molar-refractivity contribution is 5.77. The molecule has 1 unspecified atom stereocenters. The quantitative estimate of drug-likeness (QED) is 0.845. The van der Waals surface area contributed by atoms with Gasteiger partial charge in [0.15, 0.2) is 0 Å². The number of hydrogen-bond acceptors (Lipinski definition) is 2. The molecule has 2 aromatic rings. The van der Waals surface area contributed by atoms with Gasteiger partial charge in [0, 0.05) is 24.9 Å². The smallest absolute Gasteiger partial charge is 0.223 e. The number of rotatable bonds is 4. The first-order valence-corrected chi connectivity index (χ1v) is 10.7. The number of amides is 1. The second kappa shape index (κ2) is 8.08. The zero-order chi connectivity index (χ0) is 19.6. The van der Waals surface area contributed by atoms with Crippen molar-refractivity contribution in [2.24, 2.45) is 5.92 Å². The first-order valence-electron chi connectivity index (χ1n) is 10.7. The van der Waals surface area contributed by atoms with Crippen LogP contribution in [0.4, 0.5) is 0 Å². The number of likely N-dealkylation sites (tertiary alicyclic amines) is 1. The van der Waals surface area contributed by atoms with E-state index >= 15 is 0 Å². The molecule has 1 saturated heterocycles. The highest BCUT2D eigenvalue weighted by Crippen LogP contribution is 2.47. The number of fused-ring (bicyclic) bond motifs is 1. The summed E-state index contributed by atoms with van der Waals surface area (Å²) in [5.74, 6) is 0.384. The van der Waals surface area contributed by atoms with E-state index in [0.29, 0.717) is 19.4 Å². The van der Waals surface area contributed by atoms with Crippen molar-refractivity contribution >= 4 is 5.91 Å². The van der Waals surface area contributed by atoms with E-state index in [1.165, 1.54) is 11.1 Å². The Morgan fingerprint density at radius 1 is 1.07 bits per heavy atom. The fourth-order valence-corrected chi connectivity index (χ4v) is 5.35. The molecule has 1 heterocycles. The summed E-state index contributed by atoms with van der Waals surface area (Å²) in [5.41, 5.74) is 2.72. The van der Waals surface area contributed by atoms with Crippen LogP contribution in [0.2, 0.25) is 0 Å². The SMILES string of the molecule is Cc1ccccc1CCC(=O)N1CCC(O)(c2ccccc2)[C@H]2CCCC[C@@H]21. The molecule has 148 valence electrons. The van der Waals surface area contributed by atoms with Crippen molar-refractivity contribution in [3.8, 4) is 0 Å². The summed E-state index contributed by atoms with van der Waals surface area (Å²) < 4.78 is 0. The standard InChI is InChI=1S/C25H31NO2/c1-19-9-5-6-10-20(19)15-16-24(27)26-18-17-25(28,21-11-3-2-4-12-21)22-13-7-8-14-23(22)26/h2-6,9-12,22-23,28H,7-8,13-18H2,1H3/t22-,23-,25?/m0/s1. The zero-order valence-corrected chi connectivity index (χ0v) is 16.8. The van der Waals surface area contributed by atoms with Crippen molar-refractivity contribution in [2.75, 3.05) is 6.54 Å². The fraction of sp³-hybridized carbons (Fsp3) is 0.480. The zero-order valence-electron chi connectivity index (χ0n) is 16.8. The van der Waals surface area contributed by atoms with Crippen LogP contribution in [0.5, 0.6) is 0 Å². The number of aliphatic hydroxyl groups is 1. The minimum absolute atomic E-state index is 0.139. The Hall–Kier alpha value is -2.13. The maximum Gasteiger partial charge on any atom is 0.223 e. The minimum atomic E-state index is -0.806. The molecule has 0 bridgehead atoms. The van der Waals surface area contributed by atoms with Crippen LogP contribution in [-0.4, -0.2) is 28.5 Å². The van der Waals surface area contributed by atoms with Crippen LogP contribution >= 0.6 is 0 Å². The highest BCUT2D eigenvalue weighted by Gasteiger charge is 2.50. The van der Waals surface area contributed by atoms with Crippen molar-refractivity contribution in [1.82, 2.24) is 4.90 Å². The summed E-state index contributed by atoms with van der Waals surface area (Å²) in [6, 6.07) is 18.6. The van der Waals surface area contributed by atoms with Gasteiger partial charge < -0.3 is 10.0 Å². The summed E-state index contributed by atoms with van der Waals surface area (Å²) in [7, 11) is 0. The lowest BCUT2D eigenvalue weighted by Gasteiger charge is -2.52. The van der Waals surface area contributed by atoms with Gasteiger partial charge in [0.2, 0.25) is 5.91 Å². The molecule has 1 amide bonds. The van der Waals surface area contributed by atoms with Gasteiger partial charge in [0.25, 0.3) is 0 Å². The molecule has 0 aromatic heterocycles. The van der Waals surface area contributed by atoms with Gasteiger partial charge >= 0.3 is 0 Å². The fourth-order valence-electron chi connectivity index (χ4n) is 5.35. The van der Waals surface area contributed by atoms with E-state index in [1.54, 1.807) is 0 Å². The van der Waals surface area contributed by atoms with Crippen LogP contribution < -0.4 is 0 Å². The maximum absolute atomic E-state index is 13.1.